The van der Waals surface area contributed by atoms with Crippen molar-refractivity contribution in [2.75, 3.05) is 0 Å². The van der Waals surface area contributed by atoms with Crippen LogP contribution in [0.5, 0.6) is 5.75 Å². The van der Waals surface area contributed by atoms with E-state index in [0.29, 0.717) is 11.5 Å². The fourth-order valence-corrected chi connectivity index (χ4v) is 2.27. The van der Waals surface area contributed by atoms with Crippen LogP contribution in [0.25, 0.3) is 5.57 Å². The normalized spacial score (nSPS) is 11.1. The molecule has 0 saturated heterocycles. The van der Waals surface area contributed by atoms with Gasteiger partial charge in [0.15, 0.2) is 0 Å². The highest BCUT2D eigenvalue weighted by molar-refractivity contribution is 5.76. The molecule has 0 aliphatic heterocycles. The Labute approximate surface area is 132 Å². The molecular formula is C19H24O3. The predicted octanol–water partition coefficient (Wildman–Crippen LogP) is 4.83. The van der Waals surface area contributed by atoms with Gasteiger partial charge in [0.05, 0.1) is 0 Å². The topological polar surface area (TPSA) is 46.5 Å². The van der Waals surface area contributed by atoms with Crippen molar-refractivity contribution in [1.82, 2.24) is 0 Å². The maximum atomic E-state index is 11.2. The monoisotopic (exact) mass is 300 g/mol. The van der Waals surface area contributed by atoms with Gasteiger partial charge >= 0.3 is 5.97 Å². The summed E-state index contributed by atoms with van der Waals surface area (Å²) in [4.78, 5) is 11.2. The maximum absolute atomic E-state index is 11.2. The van der Waals surface area contributed by atoms with Gasteiger partial charge in [-0.2, -0.15) is 0 Å². The Morgan fingerprint density at radius 3 is 2.05 bits per heavy atom. The Kier molecular flexibility index (Phi) is 5.75. The van der Waals surface area contributed by atoms with Gasteiger partial charge < -0.3 is 9.84 Å². The second-order valence-corrected chi connectivity index (χ2v) is 5.73. The van der Waals surface area contributed by atoms with Gasteiger partial charge in [0.25, 0.3) is 0 Å². The summed E-state index contributed by atoms with van der Waals surface area (Å²) in [6, 6.07) is 3.78. The largest absolute Gasteiger partial charge is 0.507 e. The van der Waals surface area contributed by atoms with Crippen molar-refractivity contribution in [2.24, 2.45) is 0 Å². The zero-order chi connectivity index (χ0) is 17.0. The summed E-state index contributed by atoms with van der Waals surface area (Å²) in [5, 5.41) is 9.84. The molecule has 0 bridgehead atoms. The number of hydrogen-bond acceptors (Lipinski definition) is 3. The smallest absolute Gasteiger partial charge is 0.308 e. The van der Waals surface area contributed by atoms with Crippen LogP contribution in [0.15, 0.2) is 41.7 Å². The minimum absolute atomic E-state index is 0.308. The number of aromatic hydroxyl groups is 1. The van der Waals surface area contributed by atoms with Crippen molar-refractivity contribution < 1.29 is 14.6 Å². The molecule has 22 heavy (non-hydrogen) atoms. The van der Waals surface area contributed by atoms with Gasteiger partial charge in [-0.25, -0.2) is 0 Å². The first-order valence-electron chi connectivity index (χ1n) is 7.17. The summed E-state index contributed by atoms with van der Waals surface area (Å²) in [5.41, 5.74) is 5.12. The van der Waals surface area contributed by atoms with E-state index in [1.165, 1.54) is 6.92 Å². The lowest BCUT2D eigenvalue weighted by molar-refractivity contribution is -0.136. The van der Waals surface area contributed by atoms with Gasteiger partial charge in [-0.15, -0.1) is 0 Å². The number of allylic oxidation sites excluding steroid dienone is 4. The van der Waals surface area contributed by atoms with E-state index >= 15 is 0 Å². The molecule has 0 aromatic heterocycles. The lowest BCUT2D eigenvalue weighted by atomic mass is 9.98. The Hall–Kier alpha value is -2.29. The van der Waals surface area contributed by atoms with Gasteiger partial charge in [0.1, 0.15) is 11.5 Å². The molecule has 0 amide bonds. The average molecular weight is 300 g/mol. The number of aryl methyl sites for hydroxylation is 2. The first-order chi connectivity index (χ1) is 10.1. The van der Waals surface area contributed by atoms with Crippen molar-refractivity contribution in [1.29, 1.82) is 0 Å². The number of esters is 1. The zero-order valence-corrected chi connectivity index (χ0v) is 14.2. The summed E-state index contributed by atoms with van der Waals surface area (Å²) >= 11 is 0. The summed E-state index contributed by atoms with van der Waals surface area (Å²) in [6.07, 6.45) is 1.89. The van der Waals surface area contributed by atoms with Crippen molar-refractivity contribution in [3.05, 3.63) is 58.4 Å². The molecule has 0 radical (unpaired) electrons. The number of hydrogen-bond donors (Lipinski definition) is 1. The fraction of sp³-hybridized carbons (Fsp3) is 0.316. The lowest BCUT2D eigenvalue weighted by Crippen LogP contribution is -2.02. The third-order valence-corrected chi connectivity index (χ3v) is 3.31. The molecule has 0 spiro atoms. The van der Waals surface area contributed by atoms with Crippen molar-refractivity contribution >= 4 is 11.5 Å². The van der Waals surface area contributed by atoms with Gasteiger partial charge in [-0.1, -0.05) is 6.58 Å². The molecule has 0 aliphatic rings. The molecule has 0 aliphatic carbocycles. The van der Waals surface area contributed by atoms with Crippen molar-refractivity contribution in [2.45, 2.75) is 41.5 Å². The molecule has 118 valence electrons. The molecule has 3 heteroatoms. The Morgan fingerprint density at radius 2 is 1.64 bits per heavy atom. The van der Waals surface area contributed by atoms with Crippen LogP contribution in [0.4, 0.5) is 0 Å². The van der Waals surface area contributed by atoms with Crippen molar-refractivity contribution in [3.63, 3.8) is 0 Å². The molecule has 0 atom stereocenters. The quantitative estimate of drug-likeness (QED) is 0.492. The summed E-state index contributed by atoms with van der Waals surface area (Å²) in [7, 11) is 0. The number of benzene rings is 1. The van der Waals surface area contributed by atoms with E-state index in [4.69, 9.17) is 4.74 Å². The van der Waals surface area contributed by atoms with Crippen LogP contribution >= 0.6 is 0 Å². The molecule has 1 aromatic carbocycles. The molecule has 1 aromatic rings. The van der Waals surface area contributed by atoms with E-state index in [1.807, 2.05) is 52.8 Å². The predicted molar refractivity (Wildman–Crippen MR) is 90.5 cm³/mol. The molecule has 1 rings (SSSR count). The van der Waals surface area contributed by atoms with E-state index in [9.17, 15) is 9.90 Å². The van der Waals surface area contributed by atoms with Crippen LogP contribution in [-0.4, -0.2) is 11.1 Å². The minimum atomic E-state index is -0.342. The van der Waals surface area contributed by atoms with Crippen LogP contribution in [-0.2, 0) is 9.53 Å². The summed E-state index contributed by atoms with van der Waals surface area (Å²) in [5.74, 6) is 0.536. The van der Waals surface area contributed by atoms with Crippen LogP contribution in [0.3, 0.4) is 0 Å². The van der Waals surface area contributed by atoms with Crippen molar-refractivity contribution in [3.8, 4) is 5.75 Å². The van der Waals surface area contributed by atoms with Crippen LogP contribution < -0.4 is 0 Å². The molecule has 0 saturated carbocycles. The number of phenols is 1. The van der Waals surface area contributed by atoms with Gasteiger partial charge in [-0.3, -0.25) is 4.79 Å². The van der Waals surface area contributed by atoms with E-state index in [0.717, 1.165) is 33.4 Å². The lowest BCUT2D eigenvalue weighted by Gasteiger charge is -2.12. The van der Waals surface area contributed by atoms with E-state index in [1.54, 1.807) is 0 Å². The average Bonchev–Trinajstić information content (AvgIpc) is 2.40. The number of phenolic OH excluding ortho intramolecular Hbond substituents is 1. The molecular weight excluding hydrogens is 276 g/mol. The van der Waals surface area contributed by atoms with E-state index in [-0.39, 0.29) is 5.97 Å². The SMILES string of the molecule is C=C(/C=C(/C)C(OC(C)=O)=C(C)C)c1cc(C)c(O)c(C)c1. The number of carbonyl (C=O) groups is 1. The Balaban J connectivity index is 3.18. The van der Waals surface area contributed by atoms with Gasteiger partial charge in [-0.05, 0) is 86.2 Å². The fourth-order valence-electron chi connectivity index (χ4n) is 2.27. The maximum Gasteiger partial charge on any atom is 0.308 e. The standard InChI is InChI=1S/C19H24O3/c1-11(2)19(22-16(7)20)15(6)8-12(3)17-9-13(4)18(21)14(5)10-17/h8-10,21H,3H2,1-2,4-7H3/b15-8-. The van der Waals surface area contributed by atoms with Crippen LogP contribution in [0.2, 0.25) is 0 Å². The third-order valence-electron chi connectivity index (χ3n) is 3.31. The third kappa shape index (κ3) is 4.35. The van der Waals surface area contributed by atoms with Crippen LogP contribution in [0.1, 0.15) is 44.4 Å². The molecule has 1 N–H and O–H groups in total. The zero-order valence-electron chi connectivity index (χ0n) is 14.2. The summed E-state index contributed by atoms with van der Waals surface area (Å²) < 4.78 is 5.27. The highest BCUT2D eigenvalue weighted by Crippen LogP contribution is 2.28. The second-order valence-electron chi connectivity index (χ2n) is 5.73. The Morgan fingerprint density at radius 1 is 1.14 bits per heavy atom. The highest BCUT2D eigenvalue weighted by atomic mass is 16.5. The molecule has 0 fully saturated rings. The van der Waals surface area contributed by atoms with Gasteiger partial charge in [0.2, 0.25) is 0 Å². The number of carbonyl (C=O) groups excluding carboxylic acids is 1. The first kappa shape index (κ1) is 17.8. The Bertz CT molecular complexity index is 649. The van der Waals surface area contributed by atoms with Crippen LogP contribution in [0, 0.1) is 13.8 Å². The molecule has 3 nitrogen and oxygen atoms in total. The second kappa shape index (κ2) is 7.12. The first-order valence-corrected chi connectivity index (χ1v) is 7.17. The summed E-state index contributed by atoms with van der Waals surface area (Å²) in [6.45, 7) is 14.9. The minimum Gasteiger partial charge on any atom is -0.507 e. The van der Waals surface area contributed by atoms with E-state index < -0.39 is 0 Å². The molecule has 0 unspecified atom stereocenters. The highest BCUT2D eigenvalue weighted by Gasteiger charge is 2.09. The van der Waals surface area contributed by atoms with Gasteiger partial charge in [0, 0.05) is 6.92 Å². The van der Waals surface area contributed by atoms with E-state index in [2.05, 4.69) is 6.58 Å². The molecule has 0 heterocycles. The number of rotatable bonds is 4. The number of ether oxygens (including phenoxy) is 1.